The molecule has 0 fully saturated rings. The normalized spacial score (nSPS) is 11.3. The predicted molar refractivity (Wildman–Crippen MR) is 156 cm³/mol. The van der Waals surface area contributed by atoms with Gasteiger partial charge in [0, 0.05) is 11.4 Å². The summed E-state index contributed by atoms with van der Waals surface area (Å²) < 4.78 is 0. The molecule has 174 valence electrons. The molecule has 0 heterocycles. The Balaban J connectivity index is 1.66. The number of hydrogen-bond donors (Lipinski definition) is 2. The Morgan fingerprint density at radius 3 is 1.11 bits per heavy atom. The lowest BCUT2D eigenvalue weighted by molar-refractivity contribution is 1.44. The summed E-state index contributed by atoms with van der Waals surface area (Å²) in [6.45, 7) is 4.45. The molecule has 0 bridgehead atoms. The molecular weight excluding hydrogens is 436 g/mol. The molecule has 4 N–H and O–H groups in total. The summed E-state index contributed by atoms with van der Waals surface area (Å²) in [4.78, 5) is 0. The van der Waals surface area contributed by atoms with Gasteiger partial charge in [0.1, 0.15) is 0 Å². The summed E-state index contributed by atoms with van der Waals surface area (Å²) in [6, 6.07) is 38.5. The molecule has 2 nitrogen and oxygen atoms in total. The largest absolute Gasteiger partial charge is 0.399 e. The Morgan fingerprint density at radius 2 is 0.750 bits per heavy atom. The second kappa shape index (κ2) is 8.58. The Hall–Kier alpha value is -4.56. The van der Waals surface area contributed by atoms with Crippen molar-refractivity contribution < 1.29 is 0 Å². The molecule has 0 aliphatic heterocycles. The average molecular weight is 465 g/mol. The van der Waals surface area contributed by atoms with Crippen LogP contribution in [0.4, 0.5) is 11.4 Å². The van der Waals surface area contributed by atoms with Crippen molar-refractivity contribution in [3.05, 3.63) is 120 Å². The van der Waals surface area contributed by atoms with E-state index in [9.17, 15) is 0 Å². The van der Waals surface area contributed by atoms with E-state index in [1.54, 1.807) is 0 Å². The molecule has 0 saturated carbocycles. The zero-order valence-corrected chi connectivity index (χ0v) is 20.5. The number of benzene rings is 6. The van der Waals surface area contributed by atoms with Crippen molar-refractivity contribution in [2.75, 3.05) is 11.5 Å². The Kier molecular flexibility index (Phi) is 5.23. The Morgan fingerprint density at radius 1 is 0.417 bits per heavy atom. The molecule has 6 aromatic carbocycles. The maximum absolute atomic E-state index is 5.97. The summed E-state index contributed by atoms with van der Waals surface area (Å²) in [5, 5.41) is 5.01. The lowest BCUT2D eigenvalue weighted by Crippen LogP contribution is -1.95. The quantitative estimate of drug-likeness (QED) is 0.257. The van der Waals surface area contributed by atoms with E-state index in [1.165, 1.54) is 66.1 Å². The first-order valence-corrected chi connectivity index (χ1v) is 12.3. The maximum atomic E-state index is 5.97. The van der Waals surface area contributed by atoms with Gasteiger partial charge in [0.25, 0.3) is 0 Å². The van der Waals surface area contributed by atoms with Crippen molar-refractivity contribution in [2.45, 2.75) is 13.8 Å². The van der Waals surface area contributed by atoms with Gasteiger partial charge in [0.05, 0.1) is 0 Å². The van der Waals surface area contributed by atoms with Gasteiger partial charge in [-0.25, -0.2) is 0 Å². The third-order valence-corrected chi connectivity index (χ3v) is 7.18. The van der Waals surface area contributed by atoms with E-state index in [0.717, 1.165) is 11.4 Å². The van der Waals surface area contributed by atoms with Crippen LogP contribution in [-0.4, -0.2) is 0 Å². The Labute approximate surface area is 211 Å². The van der Waals surface area contributed by atoms with Crippen LogP contribution in [0.15, 0.2) is 109 Å². The molecule has 2 heteroatoms. The second-order valence-corrected chi connectivity index (χ2v) is 9.57. The number of nitrogens with two attached hydrogens (primary N) is 2. The first kappa shape index (κ1) is 21.9. The molecule has 36 heavy (non-hydrogen) atoms. The van der Waals surface area contributed by atoms with Crippen molar-refractivity contribution in [3.63, 3.8) is 0 Å². The molecule has 0 unspecified atom stereocenters. The molecule has 0 radical (unpaired) electrons. The molecule has 0 aliphatic rings. The van der Waals surface area contributed by atoms with E-state index in [-0.39, 0.29) is 0 Å². The van der Waals surface area contributed by atoms with Gasteiger partial charge >= 0.3 is 0 Å². The van der Waals surface area contributed by atoms with Gasteiger partial charge in [-0.15, -0.1) is 0 Å². The number of hydrogen-bond acceptors (Lipinski definition) is 2. The molecule has 6 rings (SSSR count). The summed E-state index contributed by atoms with van der Waals surface area (Å²) in [6.07, 6.45) is 0. The minimum atomic E-state index is 0.777. The summed E-state index contributed by atoms with van der Waals surface area (Å²) >= 11 is 0. The molecule has 0 aromatic heterocycles. The van der Waals surface area contributed by atoms with E-state index >= 15 is 0 Å². The van der Waals surface area contributed by atoms with Crippen molar-refractivity contribution in [3.8, 4) is 33.4 Å². The summed E-state index contributed by atoms with van der Waals surface area (Å²) in [5.74, 6) is 0. The molecule has 0 saturated heterocycles. The van der Waals surface area contributed by atoms with Gasteiger partial charge in [-0.1, -0.05) is 84.9 Å². The predicted octanol–water partition coefficient (Wildman–Crippen LogP) is 8.78. The standard InChI is InChI=1S/C34H28N2/c1-21-19-31(23-11-15-25(35)16-12-23)27-7-3-5-9-29(27)33(21)34-22(2)20-32(24-13-17-26(36)18-14-24)28-8-4-6-10-30(28)34/h3-20H,35-36H2,1-2H3. The highest BCUT2D eigenvalue weighted by Crippen LogP contribution is 2.44. The van der Waals surface area contributed by atoms with E-state index in [4.69, 9.17) is 11.5 Å². The third-order valence-electron chi connectivity index (χ3n) is 7.18. The number of fused-ring (bicyclic) bond motifs is 2. The van der Waals surface area contributed by atoms with Gasteiger partial charge in [-0.3, -0.25) is 0 Å². The molecule has 0 amide bonds. The monoisotopic (exact) mass is 464 g/mol. The van der Waals surface area contributed by atoms with Crippen LogP contribution < -0.4 is 11.5 Å². The minimum absolute atomic E-state index is 0.777. The smallest absolute Gasteiger partial charge is 0.0314 e. The number of nitrogen functional groups attached to an aromatic ring is 2. The molecular formula is C34H28N2. The highest BCUT2D eigenvalue weighted by molar-refractivity contribution is 6.14. The minimum Gasteiger partial charge on any atom is -0.399 e. The SMILES string of the molecule is Cc1cc(-c2ccc(N)cc2)c2ccccc2c1-c1c(C)cc(-c2ccc(N)cc2)c2ccccc12. The van der Waals surface area contributed by atoms with Crippen LogP contribution in [0.1, 0.15) is 11.1 Å². The van der Waals surface area contributed by atoms with Gasteiger partial charge in [-0.2, -0.15) is 0 Å². The second-order valence-electron chi connectivity index (χ2n) is 9.57. The van der Waals surface area contributed by atoms with Crippen LogP contribution in [0.2, 0.25) is 0 Å². The first-order chi connectivity index (χ1) is 17.5. The van der Waals surface area contributed by atoms with Crippen LogP contribution >= 0.6 is 0 Å². The fourth-order valence-corrected chi connectivity index (χ4v) is 5.50. The zero-order chi connectivity index (χ0) is 24.8. The summed E-state index contributed by atoms with van der Waals surface area (Å²) in [5.41, 5.74) is 23.4. The summed E-state index contributed by atoms with van der Waals surface area (Å²) in [7, 11) is 0. The Bertz CT molecular complexity index is 1610. The lowest BCUT2D eigenvalue weighted by Gasteiger charge is -2.20. The molecule has 6 aromatic rings. The van der Waals surface area contributed by atoms with E-state index in [2.05, 4.69) is 98.8 Å². The fourth-order valence-electron chi connectivity index (χ4n) is 5.50. The van der Waals surface area contributed by atoms with Crippen molar-refractivity contribution in [2.24, 2.45) is 0 Å². The molecule has 0 aliphatic carbocycles. The van der Waals surface area contributed by atoms with E-state index in [0.29, 0.717) is 0 Å². The van der Waals surface area contributed by atoms with Crippen LogP contribution in [-0.2, 0) is 0 Å². The van der Waals surface area contributed by atoms with Crippen molar-refractivity contribution >= 4 is 32.9 Å². The number of anilines is 2. The zero-order valence-electron chi connectivity index (χ0n) is 20.5. The maximum Gasteiger partial charge on any atom is 0.0314 e. The highest BCUT2D eigenvalue weighted by Gasteiger charge is 2.18. The van der Waals surface area contributed by atoms with Crippen molar-refractivity contribution in [1.29, 1.82) is 0 Å². The van der Waals surface area contributed by atoms with Gasteiger partial charge in [0.2, 0.25) is 0 Å². The number of rotatable bonds is 3. The van der Waals surface area contributed by atoms with Gasteiger partial charge < -0.3 is 11.5 Å². The van der Waals surface area contributed by atoms with Crippen LogP contribution in [0.5, 0.6) is 0 Å². The van der Waals surface area contributed by atoms with Crippen LogP contribution in [0, 0.1) is 13.8 Å². The fraction of sp³-hybridized carbons (Fsp3) is 0.0588. The van der Waals surface area contributed by atoms with E-state index < -0.39 is 0 Å². The lowest BCUT2D eigenvalue weighted by atomic mass is 9.83. The average Bonchev–Trinajstić information content (AvgIpc) is 2.90. The number of aryl methyl sites for hydroxylation is 2. The van der Waals surface area contributed by atoms with Crippen LogP contribution in [0.25, 0.3) is 54.9 Å². The molecule has 0 atom stereocenters. The van der Waals surface area contributed by atoms with Gasteiger partial charge in [0.15, 0.2) is 0 Å². The first-order valence-electron chi connectivity index (χ1n) is 12.3. The topological polar surface area (TPSA) is 52.0 Å². The van der Waals surface area contributed by atoms with Crippen molar-refractivity contribution in [1.82, 2.24) is 0 Å². The highest BCUT2D eigenvalue weighted by atomic mass is 14.5. The molecule has 0 spiro atoms. The third kappa shape index (κ3) is 3.59. The van der Waals surface area contributed by atoms with Gasteiger partial charge in [-0.05, 0) is 104 Å². The van der Waals surface area contributed by atoms with E-state index in [1.807, 2.05) is 24.3 Å². The van der Waals surface area contributed by atoms with Crippen LogP contribution in [0.3, 0.4) is 0 Å².